The Labute approximate surface area is 87.8 Å². The quantitative estimate of drug-likeness (QED) is 0.660. The predicted molar refractivity (Wildman–Crippen MR) is 61.0 cm³/mol. The molecule has 3 unspecified atom stereocenters. The Kier molecular flexibility index (Phi) is 4.44. The average molecular weight is 194 g/mol. The molecule has 2 nitrogen and oxygen atoms in total. The van der Waals surface area contributed by atoms with Gasteiger partial charge in [-0.1, -0.05) is 26.7 Å². The molecule has 0 aliphatic carbocycles. The van der Waals surface area contributed by atoms with Gasteiger partial charge in [-0.15, -0.1) is 6.42 Å². The molecule has 0 radical (unpaired) electrons. The minimum Gasteiger partial charge on any atom is -0.316 e. The molecule has 0 saturated carbocycles. The molecule has 0 aromatic rings. The molecule has 1 rings (SSSR count). The molecule has 14 heavy (non-hydrogen) atoms. The van der Waals surface area contributed by atoms with E-state index in [0.717, 1.165) is 13.1 Å². The van der Waals surface area contributed by atoms with Crippen molar-refractivity contribution in [3.05, 3.63) is 0 Å². The van der Waals surface area contributed by atoms with Crippen molar-refractivity contribution in [1.82, 2.24) is 10.6 Å². The molecule has 3 atom stereocenters. The Hall–Kier alpha value is -0.520. The van der Waals surface area contributed by atoms with E-state index in [9.17, 15) is 0 Å². The molecular formula is C12H22N2. The molecule has 0 aromatic carbocycles. The highest BCUT2D eigenvalue weighted by atomic mass is 15.0. The molecular weight excluding hydrogens is 172 g/mol. The monoisotopic (exact) mass is 194 g/mol. The van der Waals surface area contributed by atoms with Crippen LogP contribution in [0.2, 0.25) is 0 Å². The third-order valence-corrected chi connectivity index (χ3v) is 3.03. The summed E-state index contributed by atoms with van der Waals surface area (Å²) >= 11 is 0. The van der Waals surface area contributed by atoms with Crippen LogP contribution in [0.25, 0.3) is 0 Å². The van der Waals surface area contributed by atoms with Crippen molar-refractivity contribution in [3.63, 3.8) is 0 Å². The molecule has 1 aliphatic rings. The van der Waals surface area contributed by atoms with Gasteiger partial charge in [0.2, 0.25) is 0 Å². The van der Waals surface area contributed by atoms with Crippen LogP contribution in [-0.4, -0.2) is 25.2 Å². The second-order valence-electron chi connectivity index (χ2n) is 4.63. The van der Waals surface area contributed by atoms with Crippen LogP contribution in [0, 0.1) is 24.2 Å². The van der Waals surface area contributed by atoms with E-state index < -0.39 is 0 Å². The van der Waals surface area contributed by atoms with Crippen molar-refractivity contribution in [2.45, 2.75) is 39.3 Å². The summed E-state index contributed by atoms with van der Waals surface area (Å²) in [5.41, 5.74) is 0. The number of nitrogens with one attached hydrogen (secondary N) is 2. The molecule has 1 heterocycles. The summed E-state index contributed by atoms with van der Waals surface area (Å²) in [4.78, 5) is 0. The van der Waals surface area contributed by atoms with Crippen LogP contribution in [-0.2, 0) is 0 Å². The second-order valence-corrected chi connectivity index (χ2v) is 4.63. The van der Waals surface area contributed by atoms with E-state index in [-0.39, 0.29) is 6.04 Å². The molecule has 2 heteroatoms. The lowest BCUT2D eigenvalue weighted by atomic mass is 9.93. The minimum absolute atomic E-state index is 0.223. The highest BCUT2D eigenvalue weighted by Crippen LogP contribution is 2.13. The SMILES string of the molecule is C#CC(NC1CCNCC1C)C(C)C. The van der Waals surface area contributed by atoms with Crippen LogP contribution in [0.15, 0.2) is 0 Å². The van der Waals surface area contributed by atoms with Crippen molar-refractivity contribution in [3.8, 4) is 12.3 Å². The average Bonchev–Trinajstić information content (AvgIpc) is 2.16. The van der Waals surface area contributed by atoms with Gasteiger partial charge in [0.1, 0.15) is 0 Å². The fourth-order valence-corrected chi connectivity index (χ4v) is 1.93. The minimum atomic E-state index is 0.223. The van der Waals surface area contributed by atoms with E-state index in [1.807, 2.05) is 0 Å². The summed E-state index contributed by atoms with van der Waals surface area (Å²) in [5.74, 6) is 4.03. The summed E-state index contributed by atoms with van der Waals surface area (Å²) in [6.45, 7) is 8.83. The zero-order chi connectivity index (χ0) is 10.6. The third kappa shape index (κ3) is 3.01. The number of hydrogen-bond acceptors (Lipinski definition) is 2. The van der Waals surface area contributed by atoms with Crippen LogP contribution >= 0.6 is 0 Å². The van der Waals surface area contributed by atoms with E-state index in [1.165, 1.54) is 6.42 Å². The molecule has 1 aliphatic heterocycles. The molecule has 1 saturated heterocycles. The van der Waals surface area contributed by atoms with Crippen molar-refractivity contribution in [1.29, 1.82) is 0 Å². The largest absolute Gasteiger partial charge is 0.316 e. The van der Waals surface area contributed by atoms with Gasteiger partial charge in [0.05, 0.1) is 6.04 Å². The van der Waals surface area contributed by atoms with Gasteiger partial charge in [0, 0.05) is 6.04 Å². The van der Waals surface area contributed by atoms with Crippen molar-refractivity contribution >= 4 is 0 Å². The summed E-state index contributed by atoms with van der Waals surface area (Å²) in [5, 5.41) is 6.97. The van der Waals surface area contributed by atoms with Gasteiger partial charge in [0.15, 0.2) is 0 Å². The Morgan fingerprint density at radius 3 is 2.71 bits per heavy atom. The number of rotatable bonds is 3. The van der Waals surface area contributed by atoms with E-state index in [4.69, 9.17) is 6.42 Å². The first-order valence-corrected chi connectivity index (χ1v) is 5.58. The first kappa shape index (κ1) is 11.6. The molecule has 80 valence electrons. The lowest BCUT2D eigenvalue weighted by Gasteiger charge is -2.33. The molecule has 2 N–H and O–H groups in total. The maximum Gasteiger partial charge on any atom is 0.0712 e. The smallest absolute Gasteiger partial charge is 0.0712 e. The number of terminal acetylenes is 1. The normalized spacial score (nSPS) is 29.9. The van der Waals surface area contributed by atoms with Gasteiger partial charge in [-0.3, -0.25) is 0 Å². The topological polar surface area (TPSA) is 24.1 Å². The Morgan fingerprint density at radius 1 is 1.50 bits per heavy atom. The van der Waals surface area contributed by atoms with E-state index in [2.05, 4.69) is 37.3 Å². The Bertz CT molecular complexity index is 205. The van der Waals surface area contributed by atoms with E-state index >= 15 is 0 Å². The Balaban J connectivity index is 2.45. The summed E-state index contributed by atoms with van der Waals surface area (Å²) < 4.78 is 0. The van der Waals surface area contributed by atoms with Gasteiger partial charge in [-0.2, -0.15) is 0 Å². The molecule has 0 spiro atoms. The maximum atomic E-state index is 5.51. The molecule has 1 fully saturated rings. The van der Waals surface area contributed by atoms with Gasteiger partial charge in [-0.25, -0.2) is 0 Å². The lowest BCUT2D eigenvalue weighted by Crippen LogP contribution is -2.50. The van der Waals surface area contributed by atoms with Gasteiger partial charge >= 0.3 is 0 Å². The fraction of sp³-hybridized carbons (Fsp3) is 0.833. The third-order valence-electron chi connectivity index (χ3n) is 3.03. The van der Waals surface area contributed by atoms with E-state index in [0.29, 0.717) is 17.9 Å². The molecule has 0 aromatic heterocycles. The first-order valence-electron chi connectivity index (χ1n) is 5.58. The first-order chi connectivity index (χ1) is 6.65. The summed E-state index contributed by atoms with van der Waals surface area (Å²) in [6.07, 6.45) is 6.69. The highest BCUT2D eigenvalue weighted by Gasteiger charge is 2.23. The van der Waals surface area contributed by atoms with Crippen molar-refractivity contribution in [2.24, 2.45) is 11.8 Å². The molecule has 0 bridgehead atoms. The standard InChI is InChI=1S/C12H22N2/c1-5-11(9(2)3)14-12-6-7-13-8-10(12)4/h1,9-14H,6-8H2,2-4H3. The van der Waals surface area contributed by atoms with Crippen LogP contribution in [0.1, 0.15) is 27.2 Å². The van der Waals surface area contributed by atoms with Crippen LogP contribution in [0.3, 0.4) is 0 Å². The maximum absolute atomic E-state index is 5.51. The Morgan fingerprint density at radius 2 is 2.21 bits per heavy atom. The number of hydrogen-bond donors (Lipinski definition) is 2. The second kappa shape index (κ2) is 5.38. The van der Waals surface area contributed by atoms with Crippen LogP contribution < -0.4 is 10.6 Å². The fourth-order valence-electron chi connectivity index (χ4n) is 1.93. The zero-order valence-corrected chi connectivity index (χ0v) is 9.51. The van der Waals surface area contributed by atoms with Crippen molar-refractivity contribution in [2.75, 3.05) is 13.1 Å². The number of piperidine rings is 1. The van der Waals surface area contributed by atoms with Gasteiger partial charge < -0.3 is 10.6 Å². The van der Waals surface area contributed by atoms with Gasteiger partial charge in [-0.05, 0) is 31.3 Å². The molecule has 0 amide bonds. The van der Waals surface area contributed by atoms with E-state index in [1.54, 1.807) is 0 Å². The predicted octanol–water partition coefficient (Wildman–Crippen LogP) is 1.23. The summed E-state index contributed by atoms with van der Waals surface area (Å²) in [7, 11) is 0. The summed E-state index contributed by atoms with van der Waals surface area (Å²) in [6, 6.07) is 0.806. The van der Waals surface area contributed by atoms with Crippen LogP contribution in [0.5, 0.6) is 0 Å². The van der Waals surface area contributed by atoms with Crippen LogP contribution in [0.4, 0.5) is 0 Å². The van der Waals surface area contributed by atoms with Crippen molar-refractivity contribution < 1.29 is 0 Å². The highest BCUT2D eigenvalue weighted by molar-refractivity contribution is 5.02. The zero-order valence-electron chi connectivity index (χ0n) is 9.51. The van der Waals surface area contributed by atoms with Gasteiger partial charge in [0.25, 0.3) is 0 Å². The lowest BCUT2D eigenvalue weighted by molar-refractivity contribution is 0.270.